The molecule has 0 aliphatic heterocycles. The molecule has 0 aliphatic rings. The number of hydrogen-bond acceptors (Lipinski definition) is 5. The lowest BCUT2D eigenvalue weighted by atomic mass is 9.95. The van der Waals surface area contributed by atoms with Gasteiger partial charge in [0, 0.05) is 11.6 Å². The van der Waals surface area contributed by atoms with Crippen LogP contribution in [-0.2, 0) is 16.2 Å². The van der Waals surface area contributed by atoms with Crippen LogP contribution < -0.4 is 9.46 Å². The summed E-state index contributed by atoms with van der Waals surface area (Å²) in [4.78, 5) is 7.27. The number of rotatable bonds is 7. The number of ether oxygens (including phenoxy) is 1. The topological polar surface area (TPSA) is 81.2 Å². The van der Waals surface area contributed by atoms with E-state index in [1.807, 2.05) is 30.7 Å². The SMILES string of the molecule is CC(C)c1ccccc1-c1cc(Oc2ccccc2F)nc(NS(=O)(=O)c2ccccc2C(F)(F)F)n1. The summed E-state index contributed by atoms with van der Waals surface area (Å²) in [5.74, 6) is -1.57. The molecule has 0 unspecified atom stereocenters. The van der Waals surface area contributed by atoms with Gasteiger partial charge < -0.3 is 4.74 Å². The normalized spacial score (nSPS) is 12.0. The molecular weight excluding hydrogens is 510 g/mol. The molecular formula is C26H21F4N3O3S. The molecule has 192 valence electrons. The Bertz CT molecular complexity index is 1540. The summed E-state index contributed by atoms with van der Waals surface area (Å²) in [7, 11) is -4.77. The molecule has 6 nitrogen and oxygen atoms in total. The van der Waals surface area contributed by atoms with Crippen molar-refractivity contribution < 1.29 is 30.7 Å². The second-order valence-corrected chi connectivity index (χ2v) is 9.94. The fourth-order valence-corrected chi connectivity index (χ4v) is 4.82. The number of anilines is 1. The highest BCUT2D eigenvalue weighted by Gasteiger charge is 2.37. The molecule has 11 heteroatoms. The first-order valence-corrected chi connectivity index (χ1v) is 12.5. The molecule has 0 fully saturated rings. The van der Waals surface area contributed by atoms with E-state index in [4.69, 9.17) is 4.74 Å². The van der Waals surface area contributed by atoms with E-state index in [2.05, 4.69) is 9.97 Å². The lowest BCUT2D eigenvalue weighted by Crippen LogP contribution is -2.20. The minimum Gasteiger partial charge on any atom is -0.436 e. The number of nitrogens with zero attached hydrogens (tertiary/aromatic N) is 2. The van der Waals surface area contributed by atoms with Gasteiger partial charge in [-0.05, 0) is 35.7 Å². The first-order chi connectivity index (χ1) is 17.5. The van der Waals surface area contributed by atoms with Crippen molar-refractivity contribution in [3.63, 3.8) is 0 Å². The molecule has 1 aromatic heterocycles. The summed E-state index contributed by atoms with van der Waals surface area (Å²) in [6.45, 7) is 3.91. The van der Waals surface area contributed by atoms with Crippen molar-refractivity contribution >= 4 is 16.0 Å². The predicted octanol–water partition coefficient (Wildman–Crippen LogP) is 7.02. The van der Waals surface area contributed by atoms with Gasteiger partial charge in [-0.15, -0.1) is 0 Å². The van der Waals surface area contributed by atoms with Crippen molar-refractivity contribution in [2.24, 2.45) is 0 Å². The third-order valence-corrected chi connectivity index (χ3v) is 6.71. The predicted molar refractivity (Wildman–Crippen MR) is 130 cm³/mol. The lowest BCUT2D eigenvalue weighted by Gasteiger charge is -2.16. The largest absolute Gasteiger partial charge is 0.436 e. The minimum absolute atomic E-state index is 0.0564. The van der Waals surface area contributed by atoms with Gasteiger partial charge in [0.2, 0.25) is 11.8 Å². The van der Waals surface area contributed by atoms with E-state index < -0.39 is 38.4 Å². The average molecular weight is 532 g/mol. The second-order valence-electron chi connectivity index (χ2n) is 8.29. The Hall–Kier alpha value is -3.99. The molecule has 0 spiro atoms. The summed E-state index contributed by atoms with van der Waals surface area (Å²) in [5.41, 5.74) is 0.378. The Kier molecular flexibility index (Phi) is 7.17. The van der Waals surface area contributed by atoms with Gasteiger partial charge in [0.1, 0.15) is 0 Å². The summed E-state index contributed by atoms with van der Waals surface area (Å²) in [5, 5.41) is 0. The molecule has 0 radical (unpaired) electrons. The van der Waals surface area contributed by atoms with Crippen LogP contribution in [0.15, 0.2) is 83.8 Å². The third-order valence-electron chi connectivity index (χ3n) is 5.32. The van der Waals surface area contributed by atoms with E-state index in [0.717, 1.165) is 17.7 Å². The van der Waals surface area contributed by atoms with Gasteiger partial charge in [0.15, 0.2) is 11.6 Å². The highest BCUT2D eigenvalue weighted by Crippen LogP contribution is 2.36. The fourth-order valence-electron chi connectivity index (χ4n) is 3.65. The maximum Gasteiger partial charge on any atom is 0.417 e. The highest BCUT2D eigenvalue weighted by atomic mass is 32.2. The second kappa shape index (κ2) is 10.2. The van der Waals surface area contributed by atoms with Crippen molar-refractivity contribution in [1.29, 1.82) is 0 Å². The van der Waals surface area contributed by atoms with Crippen LogP contribution in [0.4, 0.5) is 23.5 Å². The van der Waals surface area contributed by atoms with Gasteiger partial charge >= 0.3 is 6.18 Å². The van der Waals surface area contributed by atoms with Crippen LogP contribution in [0.2, 0.25) is 0 Å². The summed E-state index contributed by atoms with van der Waals surface area (Å²) < 4.78 is 88.3. The molecule has 0 aliphatic carbocycles. The minimum atomic E-state index is -4.91. The van der Waals surface area contributed by atoms with Crippen LogP contribution in [0.5, 0.6) is 11.6 Å². The number of nitrogens with one attached hydrogen (secondary N) is 1. The molecule has 0 saturated heterocycles. The highest BCUT2D eigenvalue weighted by molar-refractivity contribution is 7.92. The number of sulfonamides is 1. The van der Waals surface area contributed by atoms with Crippen LogP contribution in [0.25, 0.3) is 11.3 Å². The zero-order chi connectivity index (χ0) is 26.8. The van der Waals surface area contributed by atoms with Gasteiger partial charge in [-0.2, -0.15) is 18.2 Å². The summed E-state index contributed by atoms with van der Waals surface area (Å²) in [6.07, 6.45) is -4.91. The van der Waals surface area contributed by atoms with Crippen molar-refractivity contribution in [2.75, 3.05) is 4.72 Å². The monoisotopic (exact) mass is 531 g/mol. The smallest absolute Gasteiger partial charge is 0.417 e. The zero-order valence-electron chi connectivity index (χ0n) is 19.6. The Balaban J connectivity index is 1.84. The number of hydrogen-bond donors (Lipinski definition) is 1. The molecule has 4 aromatic rings. The molecule has 37 heavy (non-hydrogen) atoms. The number of aromatic nitrogens is 2. The number of para-hydroxylation sites is 1. The van der Waals surface area contributed by atoms with Crippen LogP contribution in [0.1, 0.15) is 30.9 Å². The first kappa shape index (κ1) is 26.1. The lowest BCUT2D eigenvalue weighted by molar-refractivity contribution is -0.139. The molecule has 4 rings (SSSR count). The van der Waals surface area contributed by atoms with Gasteiger partial charge in [-0.3, -0.25) is 0 Å². The van der Waals surface area contributed by atoms with E-state index in [1.54, 1.807) is 12.1 Å². The standard InChI is InChI=1S/C26H21F4N3O3S/c1-16(2)17-9-3-4-10-18(17)21-15-24(36-22-13-7-6-12-20(22)27)32-25(31-21)33-37(34,35)23-14-8-5-11-19(23)26(28,29)30/h3-16H,1-2H3,(H,31,32,33). The van der Waals surface area contributed by atoms with Crippen LogP contribution in [-0.4, -0.2) is 18.4 Å². The van der Waals surface area contributed by atoms with Crippen LogP contribution in [0, 0.1) is 5.82 Å². The molecule has 1 N–H and O–H groups in total. The summed E-state index contributed by atoms with van der Waals surface area (Å²) >= 11 is 0. The van der Waals surface area contributed by atoms with Crippen LogP contribution >= 0.6 is 0 Å². The molecule has 3 aromatic carbocycles. The Morgan fingerprint density at radius 1 is 0.892 bits per heavy atom. The quantitative estimate of drug-likeness (QED) is 0.259. The van der Waals surface area contributed by atoms with Crippen molar-refractivity contribution in [3.8, 4) is 22.9 Å². The summed E-state index contributed by atoms with van der Waals surface area (Å²) in [6, 6.07) is 17.9. The van der Waals surface area contributed by atoms with E-state index in [0.29, 0.717) is 11.6 Å². The van der Waals surface area contributed by atoms with Gasteiger partial charge in [0.05, 0.1) is 16.2 Å². The maximum atomic E-state index is 14.2. The molecule has 1 heterocycles. The third kappa shape index (κ3) is 5.88. The van der Waals surface area contributed by atoms with E-state index in [1.165, 1.54) is 36.4 Å². The molecule has 0 bridgehead atoms. The van der Waals surface area contributed by atoms with E-state index in [9.17, 15) is 26.0 Å². The molecule has 0 amide bonds. The zero-order valence-corrected chi connectivity index (χ0v) is 20.4. The van der Waals surface area contributed by atoms with Gasteiger partial charge in [-0.25, -0.2) is 22.5 Å². The van der Waals surface area contributed by atoms with Crippen molar-refractivity contribution in [1.82, 2.24) is 9.97 Å². The first-order valence-electron chi connectivity index (χ1n) is 11.1. The Morgan fingerprint density at radius 3 is 2.24 bits per heavy atom. The van der Waals surface area contributed by atoms with E-state index >= 15 is 0 Å². The fraction of sp³-hybridized carbons (Fsp3) is 0.154. The molecule has 0 atom stereocenters. The maximum absolute atomic E-state index is 14.2. The van der Waals surface area contributed by atoms with Crippen molar-refractivity contribution in [2.45, 2.75) is 30.8 Å². The van der Waals surface area contributed by atoms with Gasteiger partial charge in [0.25, 0.3) is 10.0 Å². The Morgan fingerprint density at radius 2 is 1.54 bits per heavy atom. The van der Waals surface area contributed by atoms with E-state index in [-0.39, 0.29) is 23.2 Å². The average Bonchev–Trinajstić information content (AvgIpc) is 2.84. The van der Waals surface area contributed by atoms with Gasteiger partial charge in [-0.1, -0.05) is 62.4 Å². The Labute approximate surface area is 211 Å². The van der Waals surface area contributed by atoms with Crippen LogP contribution in [0.3, 0.4) is 0 Å². The number of alkyl halides is 3. The molecule has 0 saturated carbocycles. The number of benzene rings is 3. The number of halogens is 4. The van der Waals surface area contributed by atoms with Crippen molar-refractivity contribution in [3.05, 3.63) is 95.8 Å².